The van der Waals surface area contributed by atoms with Gasteiger partial charge in [-0.2, -0.15) is 0 Å². The number of nitrogens with zero attached hydrogens (tertiary/aromatic N) is 3. The maximum absolute atomic E-state index is 14.7. The summed E-state index contributed by atoms with van der Waals surface area (Å²) in [5.41, 5.74) is 0.993. The smallest absolute Gasteiger partial charge is 0.269 e. The van der Waals surface area contributed by atoms with Crippen LogP contribution in [-0.4, -0.2) is 22.5 Å². The van der Waals surface area contributed by atoms with Gasteiger partial charge in [0, 0.05) is 16.1 Å². The van der Waals surface area contributed by atoms with Crippen molar-refractivity contribution in [1.29, 1.82) is 0 Å². The van der Waals surface area contributed by atoms with Gasteiger partial charge in [0.05, 0.1) is 16.2 Å². The molecule has 1 aromatic carbocycles. The molecule has 0 aliphatic heterocycles. The standard InChI is InChI=1S/C18H13BrFN3O3S/c1-10-16(11(2)26-22-10)17-15(20)8-13-14(19)9-23(18(13)21-17)27(24,25)12-6-4-3-5-7-12/h3-9H,1-2H3. The second-order valence-electron chi connectivity index (χ2n) is 5.98. The van der Waals surface area contributed by atoms with E-state index in [2.05, 4.69) is 26.1 Å². The van der Waals surface area contributed by atoms with Crippen LogP contribution < -0.4 is 0 Å². The lowest BCUT2D eigenvalue weighted by Crippen LogP contribution is -2.12. The van der Waals surface area contributed by atoms with Gasteiger partial charge in [-0.3, -0.25) is 0 Å². The van der Waals surface area contributed by atoms with E-state index in [1.807, 2.05) is 0 Å². The molecule has 4 rings (SSSR count). The molecule has 0 bridgehead atoms. The minimum absolute atomic E-state index is 0.00568. The Hall–Kier alpha value is -2.52. The van der Waals surface area contributed by atoms with Crippen LogP contribution in [0.25, 0.3) is 22.3 Å². The van der Waals surface area contributed by atoms with Gasteiger partial charge in [-0.15, -0.1) is 0 Å². The van der Waals surface area contributed by atoms with Crippen LogP contribution in [-0.2, 0) is 10.0 Å². The molecule has 0 radical (unpaired) electrons. The number of fused-ring (bicyclic) bond motifs is 1. The highest BCUT2D eigenvalue weighted by Crippen LogP contribution is 2.34. The lowest BCUT2D eigenvalue weighted by atomic mass is 10.1. The minimum atomic E-state index is -3.90. The third-order valence-corrected chi connectivity index (χ3v) is 6.52. The van der Waals surface area contributed by atoms with Gasteiger partial charge < -0.3 is 4.52 Å². The van der Waals surface area contributed by atoms with Crippen molar-refractivity contribution in [2.24, 2.45) is 0 Å². The summed E-state index contributed by atoms with van der Waals surface area (Å²) in [4.78, 5) is 4.44. The number of benzene rings is 1. The summed E-state index contributed by atoms with van der Waals surface area (Å²) >= 11 is 3.30. The molecular weight excluding hydrogens is 437 g/mol. The van der Waals surface area contributed by atoms with Crippen molar-refractivity contribution in [3.63, 3.8) is 0 Å². The molecule has 0 fully saturated rings. The van der Waals surface area contributed by atoms with E-state index < -0.39 is 15.8 Å². The summed E-state index contributed by atoms with van der Waals surface area (Å²) < 4.78 is 47.4. The Morgan fingerprint density at radius 1 is 1.19 bits per heavy atom. The van der Waals surface area contributed by atoms with Gasteiger partial charge in [-0.25, -0.2) is 21.8 Å². The number of hydrogen-bond acceptors (Lipinski definition) is 5. The van der Waals surface area contributed by atoms with Crippen LogP contribution in [0.15, 0.2) is 56.5 Å². The van der Waals surface area contributed by atoms with Crippen LogP contribution in [0.2, 0.25) is 0 Å². The first kappa shape index (κ1) is 17.9. The first-order chi connectivity index (χ1) is 12.8. The van der Waals surface area contributed by atoms with E-state index in [9.17, 15) is 12.8 Å². The third-order valence-electron chi connectivity index (χ3n) is 4.22. The van der Waals surface area contributed by atoms with Crippen LogP contribution in [0, 0.1) is 19.7 Å². The number of pyridine rings is 1. The summed E-state index contributed by atoms with van der Waals surface area (Å²) in [6, 6.07) is 9.24. The number of hydrogen-bond donors (Lipinski definition) is 0. The van der Waals surface area contributed by atoms with Gasteiger partial charge in [0.1, 0.15) is 17.3 Å². The summed E-state index contributed by atoms with van der Waals surface area (Å²) in [5, 5.41) is 4.17. The molecule has 0 unspecified atom stereocenters. The van der Waals surface area contributed by atoms with Crippen LogP contribution in [0.1, 0.15) is 11.5 Å². The van der Waals surface area contributed by atoms with Gasteiger partial charge in [-0.05, 0) is 48.0 Å². The van der Waals surface area contributed by atoms with Crippen molar-refractivity contribution in [2.75, 3.05) is 0 Å². The van der Waals surface area contributed by atoms with Crippen LogP contribution >= 0.6 is 15.9 Å². The highest BCUT2D eigenvalue weighted by atomic mass is 79.9. The average Bonchev–Trinajstić information content (AvgIpc) is 3.15. The minimum Gasteiger partial charge on any atom is -0.361 e. The second kappa shape index (κ2) is 6.28. The Bertz CT molecular complexity index is 1260. The normalized spacial score (nSPS) is 12.0. The molecule has 6 nitrogen and oxygen atoms in total. The molecule has 0 spiro atoms. The summed E-state index contributed by atoms with van der Waals surface area (Å²) in [5.74, 6) is -0.186. The molecule has 0 aliphatic rings. The van der Waals surface area contributed by atoms with E-state index in [0.717, 1.165) is 3.97 Å². The first-order valence-electron chi connectivity index (χ1n) is 7.91. The molecule has 0 N–H and O–H groups in total. The van der Waals surface area contributed by atoms with Crippen LogP contribution in [0.5, 0.6) is 0 Å². The Morgan fingerprint density at radius 3 is 2.52 bits per heavy atom. The van der Waals surface area contributed by atoms with E-state index in [-0.39, 0.29) is 16.2 Å². The molecule has 0 atom stereocenters. The second-order valence-corrected chi connectivity index (χ2v) is 8.65. The maximum atomic E-state index is 14.7. The number of halogens is 2. The predicted molar refractivity (Wildman–Crippen MR) is 101 cm³/mol. The fraction of sp³-hybridized carbons (Fsp3) is 0.111. The summed E-state index contributed by atoms with van der Waals surface area (Å²) in [6.45, 7) is 3.32. The molecular formula is C18H13BrFN3O3S. The highest BCUT2D eigenvalue weighted by Gasteiger charge is 2.25. The zero-order valence-corrected chi connectivity index (χ0v) is 16.7. The Labute approximate surface area is 162 Å². The molecule has 4 aromatic rings. The molecule has 0 saturated carbocycles. The number of aromatic nitrogens is 3. The van der Waals surface area contributed by atoms with Crippen molar-refractivity contribution < 1.29 is 17.3 Å². The van der Waals surface area contributed by atoms with Crippen molar-refractivity contribution in [2.45, 2.75) is 18.7 Å². The monoisotopic (exact) mass is 449 g/mol. The Morgan fingerprint density at radius 2 is 1.89 bits per heavy atom. The van der Waals surface area contributed by atoms with E-state index in [1.54, 1.807) is 32.0 Å². The predicted octanol–water partition coefficient (Wildman–Crippen LogP) is 4.45. The lowest BCUT2D eigenvalue weighted by Gasteiger charge is -2.08. The molecule has 27 heavy (non-hydrogen) atoms. The van der Waals surface area contributed by atoms with Gasteiger partial charge in [0.25, 0.3) is 10.0 Å². The van der Waals surface area contributed by atoms with E-state index in [4.69, 9.17) is 4.52 Å². The lowest BCUT2D eigenvalue weighted by molar-refractivity contribution is 0.393. The first-order valence-corrected chi connectivity index (χ1v) is 10.1. The quantitative estimate of drug-likeness (QED) is 0.461. The van der Waals surface area contributed by atoms with Gasteiger partial charge in [-0.1, -0.05) is 23.4 Å². The van der Waals surface area contributed by atoms with Crippen molar-refractivity contribution in [1.82, 2.24) is 14.1 Å². The number of rotatable bonds is 3. The van der Waals surface area contributed by atoms with Crippen molar-refractivity contribution >= 4 is 37.0 Å². The molecule has 138 valence electrons. The van der Waals surface area contributed by atoms with E-state index in [1.165, 1.54) is 24.4 Å². The highest BCUT2D eigenvalue weighted by molar-refractivity contribution is 9.10. The van der Waals surface area contributed by atoms with Gasteiger partial charge >= 0.3 is 0 Å². The van der Waals surface area contributed by atoms with Crippen LogP contribution in [0.3, 0.4) is 0 Å². The van der Waals surface area contributed by atoms with E-state index in [0.29, 0.717) is 26.9 Å². The Kier molecular flexibility index (Phi) is 4.15. The largest absolute Gasteiger partial charge is 0.361 e. The van der Waals surface area contributed by atoms with Crippen molar-refractivity contribution in [3.05, 3.63) is 64.3 Å². The van der Waals surface area contributed by atoms with Gasteiger partial charge in [0.15, 0.2) is 5.65 Å². The molecule has 9 heteroatoms. The Balaban J connectivity index is 2.03. The zero-order chi connectivity index (χ0) is 19.3. The number of aryl methyl sites for hydroxylation is 2. The zero-order valence-electron chi connectivity index (χ0n) is 14.3. The molecule has 0 aliphatic carbocycles. The topological polar surface area (TPSA) is 78.0 Å². The van der Waals surface area contributed by atoms with Crippen molar-refractivity contribution in [3.8, 4) is 11.3 Å². The average molecular weight is 450 g/mol. The maximum Gasteiger partial charge on any atom is 0.269 e. The van der Waals surface area contributed by atoms with E-state index >= 15 is 0 Å². The molecule has 0 saturated heterocycles. The van der Waals surface area contributed by atoms with Crippen LogP contribution in [0.4, 0.5) is 4.39 Å². The van der Waals surface area contributed by atoms with Gasteiger partial charge in [0.2, 0.25) is 0 Å². The molecule has 3 aromatic heterocycles. The summed E-state index contributed by atoms with van der Waals surface area (Å²) in [6.07, 6.45) is 1.37. The fourth-order valence-corrected chi connectivity index (χ4v) is 4.91. The molecule has 0 amide bonds. The third kappa shape index (κ3) is 2.78. The summed E-state index contributed by atoms with van der Waals surface area (Å²) in [7, 11) is -3.90. The SMILES string of the molecule is Cc1noc(C)c1-c1nc2c(cc1F)c(Br)cn2S(=O)(=O)c1ccccc1. The fourth-order valence-electron chi connectivity index (χ4n) is 2.94. The molecule has 3 heterocycles.